The van der Waals surface area contributed by atoms with E-state index in [4.69, 9.17) is 0 Å². The van der Waals surface area contributed by atoms with Crippen molar-refractivity contribution in [1.82, 2.24) is 20.1 Å². The second-order valence-corrected chi connectivity index (χ2v) is 10.0. The lowest BCUT2D eigenvalue weighted by Crippen LogP contribution is -2.30. The molecule has 5 rings (SSSR count). The van der Waals surface area contributed by atoms with E-state index in [1.165, 1.54) is 11.8 Å². The summed E-state index contributed by atoms with van der Waals surface area (Å²) in [4.78, 5) is 29.8. The number of benzene rings is 3. The summed E-state index contributed by atoms with van der Waals surface area (Å²) in [5.74, 6) is 0.606. The lowest BCUT2D eigenvalue weighted by molar-refractivity contribution is -0.115. The molecule has 35 heavy (non-hydrogen) atoms. The summed E-state index contributed by atoms with van der Waals surface area (Å²) in [6.45, 7) is 1.86. The first-order chi connectivity index (χ1) is 17.0. The highest BCUT2D eigenvalue weighted by molar-refractivity contribution is 8.00. The zero-order chi connectivity index (χ0) is 24.4. The fraction of sp³-hybridized carbons (Fsp3) is 0.154. The predicted molar refractivity (Wildman–Crippen MR) is 138 cm³/mol. The number of aromatic nitrogens is 3. The van der Waals surface area contributed by atoms with Crippen LogP contribution >= 0.6 is 23.5 Å². The van der Waals surface area contributed by atoms with Crippen LogP contribution in [0, 0.1) is 0 Å². The van der Waals surface area contributed by atoms with Crippen molar-refractivity contribution in [1.29, 1.82) is 0 Å². The molecule has 1 N–H and O–H groups in total. The van der Waals surface area contributed by atoms with Gasteiger partial charge in [-0.3, -0.25) is 14.5 Å². The van der Waals surface area contributed by atoms with Gasteiger partial charge >= 0.3 is 0 Å². The molecular formula is C26H23N5O2S2. The van der Waals surface area contributed by atoms with Crippen LogP contribution in [0.3, 0.4) is 0 Å². The molecule has 7 nitrogen and oxygen atoms in total. The number of nitrogens with one attached hydrogen (secondary N) is 1. The van der Waals surface area contributed by atoms with Crippen LogP contribution in [0.2, 0.25) is 0 Å². The van der Waals surface area contributed by atoms with E-state index in [0.717, 1.165) is 21.2 Å². The van der Waals surface area contributed by atoms with Crippen molar-refractivity contribution in [2.75, 3.05) is 10.7 Å². The molecule has 1 aromatic heterocycles. The average Bonchev–Trinajstić information content (AvgIpc) is 3.26. The normalized spacial score (nSPS) is 13.0. The first kappa shape index (κ1) is 23.2. The number of anilines is 2. The van der Waals surface area contributed by atoms with Gasteiger partial charge < -0.3 is 9.88 Å². The van der Waals surface area contributed by atoms with Crippen molar-refractivity contribution in [3.8, 4) is 0 Å². The number of carbonyl (C=O) groups is 2. The van der Waals surface area contributed by atoms with Gasteiger partial charge in [0, 0.05) is 22.4 Å². The minimum absolute atomic E-state index is 0.0369. The highest BCUT2D eigenvalue weighted by atomic mass is 32.2. The fourth-order valence-electron chi connectivity index (χ4n) is 3.93. The van der Waals surface area contributed by atoms with E-state index < -0.39 is 0 Å². The van der Waals surface area contributed by atoms with E-state index >= 15 is 0 Å². The standard InChI is InChI=1S/C26H23N5O2S2/c1-17(27-25(33)18-10-4-3-5-11-18)24-28-29-26(30(24)2)34-16-23(32)31-19-12-6-8-14-21(19)35-22-15-9-7-13-20(22)31/h3-15,17H,16H2,1-2H3,(H,27,33)/t17-/m0/s1. The summed E-state index contributed by atoms with van der Waals surface area (Å²) in [6.07, 6.45) is 0. The van der Waals surface area contributed by atoms with Gasteiger partial charge in [-0.2, -0.15) is 0 Å². The molecule has 1 aliphatic rings. The fourth-order valence-corrected chi connectivity index (χ4v) is 5.75. The second-order valence-electron chi connectivity index (χ2n) is 8.02. The van der Waals surface area contributed by atoms with Crippen LogP contribution in [0.5, 0.6) is 0 Å². The highest BCUT2D eigenvalue weighted by Gasteiger charge is 2.28. The minimum Gasteiger partial charge on any atom is -0.342 e. The van der Waals surface area contributed by atoms with E-state index in [1.807, 2.05) is 85.3 Å². The number of nitrogens with zero attached hydrogens (tertiary/aromatic N) is 4. The Balaban J connectivity index is 1.30. The van der Waals surface area contributed by atoms with Crippen LogP contribution in [0.1, 0.15) is 29.1 Å². The first-order valence-electron chi connectivity index (χ1n) is 11.1. The molecule has 0 aliphatic carbocycles. The Morgan fingerprint density at radius 3 is 2.17 bits per heavy atom. The van der Waals surface area contributed by atoms with Crippen molar-refractivity contribution >= 4 is 46.7 Å². The number of para-hydroxylation sites is 2. The smallest absolute Gasteiger partial charge is 0.251 e. The Hall–Kier alpha value is -3.56. The van der Waals surface area contributed by atoms with Gasteiger partial charge in [0.05, 0.1) is 23.2 Å². The molecular weight excluding hydrogens is 478 g/mol. The van der Waals surface area contributed by atoms with Crippen LogP contribution in [0.4, 0.5) is 11.4 Å². The van der Waals surface area contributed by atoms with Crippen molar-refractivity contribution in [2.24, 2.45) is 7.05 Å². The molecule has 0 bridgehead atoms. The summed E-state index contributed by atoms with van der Waals surface area (Å²) >= 11 is 3.00. The number of rotatable bonds is 6. The molecule has 4 aromatic rings. The Labute approximate surface area is 211 Å². The van der Waals surface area contributed by atoms with Crippen LogP contribution in [-0.2, 0) is 11.8 Å². The Morgan fingerprint density at radius 1 is 0.914 bits per heavy atom. The summed E-state index contributed by atoms with van der Waals surface area (Å²) in [7, 11) is 1.84. The molecule has 0 saturated heterocycles. The van der Waals surface area contributed by atoms with Crippen LogP contribution in [0.15, 0.2) is 93.8 Å². The maximum absolute atomic E-state index is 13.4. The molecule has 0 fully saturated rings. The molecule has 0 unspecified atom stereocenters. The first-order valence-corrected chi connectivity index (χ1v) is 12.9. The molecule has 0 spiro atoms. The largest absolute Gasteiger partial charge is 0.342 e. The molecule has 176 valence electrons. The molecule has 1 atom stereocenters. The number of thioether (sulfide) groups is 1. The summed E-state index contributed by atoms with van der Waals surface area (Å²) in [6, 6.07) is 24.6. The number of hydrogen-bond acceptors (Lipinski definition) is 6. The van der Waals surface area contributed by atoms with E-state index in [2.05, 4.69) is 15.5 Å². The number of fused-ring (bicyclic) bond motifs is 2. The summed E-state index contributed by atoms with van der Waals surface area (Å²) in [5.41, 5.74) is 2.36. The molecule has 0 saturated carbocycles. The Kier molecular flexibility index (Phi) is 6.61. The number of amides is 2. The predicted octanol–water partition coefficient (Wildman–Crippen LogP) is 5.23. The maximum atomic E-state index is 13.4. The topological polar surface area (TPSA) is 80.1 Å². The third kappa shape index (κ3) is 4.69. The third-order valence-electron chi connectivity index (χ3n) is 5.65. The van der Waals surface area contributed by atoms with E-state index in [1.54, 1.807) is 28.8 Å². The second kappa shape index (κ2) is 9.97. The third-order valence-corrected chi connectivity index (χ3v) is 7.78. The highest BCUT2D eigenvalue weighted by Crippen LogP contribution is 2.48. The monoisotopic (exact) mass is 501 g/mol. The van der Waals surface area contributed by atoms with Gasteiger partial charge in [0.1, 0.15) is 0 Å². The molecule has 3 aromatic carbocycles. The molecule has 2 heterocycles. The van der Waals surface area contributed by atoms with Gasteiger partial charge in [0.25, 0.3) is 5.91 Å². The van der Waals surface area contributed by atoms with Crippen LogP contribution < -0.4 is 10.2 Å². The average molecular weight is 502 g/mol. The minimum atomic E-state index is -0.344. The van der Waals surface area contributed by atoms with Crippen LogP contribution in [-0.4, -0.2) is 32.3 Å². The van der Waals surface area contributed by atoms with Crippen LogP contribution in [0.25, 0.3) is 0 Å². The van der Waals surface area contributed by atoms with Gasteiger partial charge in [-0.15, -0.1) is 10.2 Å². The van der Waals surface area contributed by atoms with E-state index in [9.17, 15) is 9.59 Å². The summed E-state index contributed by atoms with van der Waals surface area (Å²) in [5, 5.41) is 12.1. The molecule has 1 aliphatic heterocycles. The zero-order valence-corrected chi connectivity index (χ0v) is 20.8. The SMILES string of the molecule is C[C@H](NC(=O)c1ccccc1)c1nnc(SCC(=O)N2c3ccccc3Sc3ccccc32)n1C. The van der Waals surface area contributed by atoms with Crippen molar-refractivity contribution in [2.45, 2.75) is 27.9 Å². The maximum Gasteiger partial charge on any atom is 0.251 e. The Morgan fingerprint density at radius 2 is 1.51 bits per heavy atom. The number of carbonyl (C=O) groups excluding carboxylic acids is 2. The van der Waals surface area contributed by atoms with Gasteiger partial charge in [-0.25, -0.2) is 0 Å². The van der Waals surface area contributed by atoms with Gasteiger partial charge in [0.15, 0.2) is 11.0 Å². The summed E-state index contributed by atoms with van der Waals surface area (Å²) < 4.78 is 1.82. The Bertz CT molecular complexity index is 1340. The quantitative estimate of drug-likeness (QED) is 0.365. The van der Waals surface area contributed by atoms with Crippen molar-refractivity contribution < 1.29 is 9.59 Å². The van der Waals surface area contributed by atoms with Crippen molar-refractivity contribution in [3.05, 3.63) is 90.3 Å². The molecule has 9 heteroatoms. The van der Waals surface area contributed by atoms with E-state index in [0.29, 0.717) is 16.5 Å². The van der Waals surface area contributed by atoms with Gasteiger partial charge in [0.2, 0.25) is 5.91 Å². The molecule has 0 radical (unpaired) electrons. The zero-order valence-electron chi connectivity index (χ0n) is 19.2. The van der Waals surface area contributed by atoms with Gasteiger partial charge in [-0.1, -0.05) is 66.0 Å². The lowest BCUT2D eigenvalue weighted by atomic mass is 10.2. The van der Waals surface area contributed by atoms with Gasteiger partial charge in [-0.05, 0) is 43.3 Å². The lowest BCUT2D eigenvalue weighted by Gasteiger charge is -2.30. The van der Waals surface area contributed by atoms with Crippen molar-refractivity contribution in [3.63, 3.8) is 0 Å². The molecule has 2 amide bonds. The van der Waals surface area contributed by atoms with E-state index in [-0.39, 0.29) is 23.6 Å². The number of hydrogen-bond donors (Lipinski definition) is 1.